The number of guanidine groups is 1. The van der Waals surface area contributed by atoms with Crippen LogP contribution in [0.15, 0.2) is 35.5 Å². The van der Waals surface area contributed by atoms with Crippen molar-refractivity contribution in [2.75, 3.05) is 13.1 Å². The Morgan fingerprint density at radius 1 is 1.29 bits per heavy atom. The molecule has 1 unspecified atom stereocenters. The zero-order chi connectivity index (χ0) is 14.4. The van der Waals surface area contributed by atoms with Crippen molar-refractivity contribution in [2.24, 2.45) is 16.6 Å². The Labute approximate surface area is 128 Å². The Balaban J connectivity index is 1.77. The fourth-order valence-electron chi connectivity index (χ4n) is 3.02. The minimum Gasteiger partial charge on any atom is -0.370 e. The summed E-state index contributed by atoms with van der Waals surface area (Å²) in [6.07, 6.45) is 4.42. The third kappa shape index (κ3) is 2.23. The van der Waals surface area contributed by atoms with Crippen LogP contribution in [0.5, 0.6) is 0 Å². The standard InChI is InChI=1S/C16H17ClN4/c17-13-6-5-12(15-11(13)2-1-7-19-15)14-8-20-16(18)21(14)9-10-3-4-10/h1-2,5-7,10,14H,3-4,8-9H2,(H2,18,20). The van der Waals surface area contributed by atoms with Crippen LogP contribution in [0.1, 0.15) is 24.4 Å². The number of hydrogen-bond donors (Lipinski definition) is 1. The quantitative estimate of drug-likeness (QED) is 0.948. The molecule has 2 aromatic rings. The fraction of sp³-hybridized carbons (Fsp3) is 0.375. The maximum absolute atomic E-state index is 6.29. The lowest BCUT2D eigenvalue weighted by Crippen LogP contribution is -2.37. The molecule has 1 aromatic heterocycles. The van der Waals surface area contributed by atoms with Crippen molar-refractivity contribution in [3.05, 3.63) is 41.0 Å². The van der Waals surface area contributed by atoms with E-state index >= 15 is 0 Å². The van der Waals surface area contributed by atoms with E-state index in [1.807, 2.05) is 24.4 Å². The van der Waals surface area contributed by atoms with Crippen LogP contribution in [-0.4, -0.2) is 28.9 Å². The van der Waals surface area contributed by atoms with Crippen LogP contribution in [0.25, 0.3) is 10.9 Å². The molecule has 1 atom stereocenters. The van der Waals surface area contributed by atoms with E-state index in [1.54, 1.807) is 0 Å². The van der Waals surface area contributed by atoms with Crippen LogP contribution in [-0.2, 0) is 0 Å². The molecule has 1 aromatic carbocycles. The van der Waals surface area contributed by atoms with Crippen LogP contribution >= 0.6 is 11.6 Å². The highest BCUT2D eigenvalue weighted by atomic mass is 35.5. The SMILES string of the molecule is NC1=NCC(c2ccc(Cl)c3cccnc23)N1CC1CC1. The number of halogens is 1. The first kappa shape index (κ1) is 12.9. The fourth-order valence-corrected chi connectivity index (χ4v) is 3.24. The molecule has 2 N–H and O–H groups in total. The van der Waals surface area contributed by atoms with Crippen LogP contribution in [0.2, 0.25) is 5.02 Å². The number of rotatable bonds is 3. The molecule has 2 aliphatic rings. The molecule has 4 rings (SSSR count). The van der Waals surface area contributed by atoms with Crippen LogP contribution < -0.4 is 5.73 Å². The maximum atomic E-state index is 6.29. The van der Waals surface area contributed by atoms with Crippen LogP contribution in [0.3, 0.4) is 0 Å². The number of hydrogen-bond acceptors (Lipinski definition) is 4. The number of aliphatic imine (C=N–C) groups is 1. The van der Waals surface area contributed by atoms with E-state index in [0.29, 0.717) is 12.5 Å². The van der Waals surface area contributed by atoms with Gasteiger partial charge in [-0.2, -0.15) is 0 Å². The van der Waals surface area contributed by atoms with Crippen molar-refractivity contribution < 1.29 is 0 Å². The number of nitrogens with zero attached hydrogens (tertiary/aromatic N) is 3. The summed E-state index contributed by atoms with van der Waals surface area (Å²) in [6.45, 7) is 1.70. The zero-order valence-electron chi connectivity index (χ0n) is 11.7. The number of aromatic nitrogens is 1. The molecule has 0 radical (unpaired) electrons. The summed E-state index contributed by atoms with van der Waals surface area (Å²) < 4.78 is 0. The molecule has 1 fully saturated rings. The van der Waals surface area contributed by atoms with Gasteiger partial charge in [-0.05, 0) is 37.0 Å². The van der Waals surface area contributed by atoms with Crippen molar-refractivity contribution >= 4 is 28.5 Å². The Bertz CT molecular complexity index is 723. The van der Waals surface area contributed by atoms with E-state index in [4.69, 9.17) is 17.3 Å². The van der Waals surface area contributed by atoms with Gasteiger partial charge in [0.2, 0.25) is 0 Å². The Hall–Kier alpha value is -1.81. The van der Waals surface area contributed by atoms with Gasteiger partial charge in [-0.3, -0.25) is 9.98 Å². The van der Waals surface area contributed by atoms with Crippen LogP contribution in [0, 0.1) is 5.92 Å². The van der Waals surface area contributed by atoms with Crippen molar-refractivity contribution in [3.8, 4) is 0 Å². The number of fused-ring (bicyclic) bond motifs is 1. The molecule has 21 heavy (non-hydrogen) atoms. The van der Waals surface area contributed by atoms with Gasteiger partial charge in [0.15, 0.2) is 5.96 Å². The van der Waals surface area contributed by atoms with Gasteiger partial charge in [-0.15, -0.1) is 0 Å². The van der Waals surface area contributed by atoms with E-state index in [1.165, 1.54) is 18.4 Å². The molecule has 0 bridgehead atoms. The van der Waals surface area contributed by atoms with E-state index in [-0.39, 0.29) is 6.04 Å². The average Bonchev–Trinajstić information content (AvgIpc) is 3.25. The molecule has 0 spiro atoms. The monoisotopic (exact) mass is 300 g/mol. The van der Waals surface area contributed by atoms with Gasteiger partial charge in [0.25, 0.3) is 0 Å². The lowest BCUT2D eigenvalue weighted by atomic mass is 10.0. The second kappa shape index (κ2) is 4.88. The first-order valence-corrected chi connectivity index (χ1v) is 7.71. The number of benzene rings is 1. The Morgan fingerprint density at radius 2 is 2.14 bits per heavy atom. The number of pyridine rings is 1. The zero-order valence-corrected chi connectivity index (χ0v) is 12.4. The summed E-state index contributed by atoms with van der Waals surface area (Å²) in [7, 11) is 0. The van der Waals surface area contributed by atoms with Crippen molar-refractivity contribution in [1.29, 1.82) is 0 Å². The third-order valence-electron chi connectivity index (χ3n) is 4.36. The van der Waals surface area contributed by atoms with E-state index in [2.05, 4.69) is 20.9 Å². The van der Waals surface area contributed by atoms with Gasteiger partial charge < -0.3 is 10.6 Å². The van der Waals surface area contributed by atoms with Gasteiger partial charge in [-0.1, -0.05) is 17.7 Å². The highest BCUT2D eigenvalue weighted by Gasteiger charge is 2.34. The summed E-state index contributed by atoms with van der Waals surface area (Å²) in [5, 5.41) is 1.73. The highest BCUT2D eigenvalue weighted by Crippen LogP contribution is 2.37. The molecular weight excluding hydrogens is 284 g/mol. The Morgan fingerprint density at radius 3 is 2.95 bits per heavy atom. The van der Waals surface area contributed by atoms with Gasteiger partial charge in [-0.25, -0.2) is 0 Å². The molecule has 108 valence electrons. The van der Waals surface area contributed by atoms with Crippen LogP contribution in [0.4, 0.5) is 0 Å². The highest BCUT2D eigenvalue weighted by molar-refractivity contribution is 6.35. The third-order valence-corrected chi connectivity index (χ3v) is 4.68. The predicted molar refractivity (Wildman–Crippen MR) is 85.4 cm³/mol. The predicted octanol–water partition coefficient (Wildman–Crippen LogP) is 2.97. The molecular formula is C16H17ClN4. The molecule has 0 saturated heterocycles. The molecule has 0 amide bonds. The van der Waals surface area contributed by atoms with E-state index in [0.717, 1.165) is 28.4 Å². The van der Waals surface area contributed by atoms with Crippen molar-refractivity contribution in [3.63, 3.8) is 0 Å². The minimum absolute atomic E-state index is 0.181. The summed E-state index contributed by atoms with van der Waals surface area (Å²) >= 11 is 6.29. The van der Waals surface area contributed by atoms with Gasteiger partial charge in [0, 0.05) is 28.7 Å². The molecule has 1 aliphatic heterocycles. The van der Waals surface area contributed by atoms with Crippen molar-refractivity contribution in [1.82, 2.24) is 9.88 Å². The average molecular weight is 301 g/mol. The van der Waals surface area contributed by atoms with Crippen molar-refractivity contribution in [2.45, 2.75) is 18.9 Å². The first-order valence-electron chi connectivity index (χ1n) is 7.34. The topological polar surface area (TPSA) is 54.5 Å². The van der Waals surface area contributed by atoms with Gasteiger partial charge in [0.1, 0.15) is 0 Å². The second-order valence-corrected chi connectivity index (χ2v) is 6.25. The second-order valence-electron chi connectivity index (χ2n) is 5.85. The first-order chi connectivity index (χ1) is 10.2. The largest absolute Gasteiger partial charge is 0.370 e. The van der Waals surface area contributed by atoms with Gasteiger partial charge in [0.05, 0.1) is 18.1 Å². The summed E-state index contributed by atoms with van der Waals surface area (Å²) in [4.78, 5) is 11.2. The molecule has 4 nitrogen and oxygen atoms in total. The maximum Gasteiger partial charge on any atom is 0.191 e. The van der Waals surface area contributed by atoms with E-state index < -0.39 is 0 Å². The number of nitrogens with two attached hydrogens (primary N) is 1. The lowest BCUT2D eigenvalue weighted by Gasteiger charge is -2.27. The van der Waals surface area contributed by atoms with Gasteiger partial charge >= 0.3 is 0 Å². The summed E-state index contributed by atoms with van der Waals surface area (Å²) in [6, 6.07) is 8.12. The Kier molecular flexibility index (Phi) is 3.00. The molecule has 1 saturated carbocycles. The van der Waals surface area contributed by atoms with E-state index in [9.17, 15) is 0 Å². The minimum atomic E-state index is 0.181. The molecule has 1 aliphatic carbocycles. The summed E-state index contributed by atoms with van der Waals surface area (Å²) in [5.74, 6) is 1.43. The lowest BCUT2D eigenvalue weighted by molar-refractivity contribution is 0.335. The smallest absolute Gasteiger partial charge is 0.191 e. The summed E-state index contributed by atoms with van der Waals surface area (Å²) in [5.41, 5.74) is 8.21. The normalized spacial score (nSPS) is 21.9. The molecule has 5 heteroatoms. The molecule has 2 heterocycles.